The fourth-order valence-corrected chi connectivity index (χ4v) is 2.79. The smallest absolute Gasteiger partial charge is 0.303 e. The Bertz CT molecular complexity index is 512. The number of hydrogen-bond donors (Lipinski definition) is 1. The van der Waals surface area contributed by atoms with Crippen LogP contribution >= 0.6 is 0 Å². The maximum atomic E-state index is 10.8. The van der Waals surface area contributed by atoms with Crippen LogP contribution in [0.1, 0.15) is 31.4 Å². The van der Waals surface area contributed by atoms with E-state index in [9.17, 15) is 14.9 Å². The van der Waals surface area contributed by atoms with Gasteiger partial charge in [-0.1, -0.05) is 19.1 Å². The minimum atomic E-state index is -0.766. The zero-order valence-corrected chi connectivity index (χ0v) is 11.4. The van der Waals surface area contributed by atoms with Crippen LogP contribution in [0.5, 0.6) is 0 Å². The maximum absolute atomic E-state index is 10.8. The second-order valence-electron chi connectivity index (χ2n) is 5.19. The highest BCUT2D eigenvalue weighted by Crippen LogP contribution is 2.33. The van der Waals surface area contributed by atoms with Crippen molar-refractivity contribution in [3.63, 3.8) is 0 Å². The van der Waals surface area contributed by atoms with Gasteiger partial charge in [-0.2, -0.15) is 0 Å². The number of nitro benzene ring substituents is 1. The molecule has 1 heterocycles. The Morgan fingerprint density at radius 2 is 2.25 bits per heavy atom. The molecule has 6 nitrogen and oxygen atoms in total. The van der Waals surface area contributed by atoms with E-state index in [0.29, 0.717) is 0 Å². The average Bonchev–Trinajstić information content (AvgIpc) is 2.36. The van der Waals surface area contributed by atoms with E-state index in [4.69, 9.17) is 5.11 Å². The minimum Gasteiger partial charge on any atom is -0.481 e. The zero-order valence-electron chi connectivity index (χ0n) is 11.4. The van der Waals surface area contributed by atoms with Crippen LogP contribution in [0.4, 0.5) is 5.69 Å². The molecule has 1 N–H and O–H groups in total. The number of aliphatic carboxylic acids is 1. The Hall–Kier alpha value is -1.95. The van der Waals surface area contributed by atoms with E-state index in [1.54, 1.807) is 12.1 Å². The molecule has 1 aromatic carbocycles. The van der Waals surface area contributed by atoms with Gasteiger partial charge >= 0.3 is 5.97 Å². The van der Waals surface area contributed by atoms with Crippen LogP contribution in [0, 0.1) is 16.0 Å². The summed E-state index contributed by atoms with van der Waals surface area (Å²) in [5, 5.41) is 19.6. The van der Waals surface area contributed by atoms with Crippen LogP contribution in [0.25, 0.3) is 0 Å². The Balaban J connectivity index is 2.04. The molecule has 0 aliphatic carbocycles. The molecule has 6 heteroatoms. The summed E-state index contributed by atoms with van der Waals surface area (Å²) in [5.74, 6) is -0.571. The van der Waals surface area contributed by atoms with Gasteiger partial charge in [0.05, 0.1) is 11.3 Å². The molecule has 1 aliphatic heterocycles. The van der Waals surface area contributed by atoms with E-state index in [0.717, 1.165) is 25.1 Å². The summed E-state index contributed by atoms with van der Waals surface area (Å²) >= 11 is 0. The summed E-state index contributed by atoms with van der Waals surface area (Å²) in [6.45, 7) is 3.52. The van der Waals surface area contributed by atoms with Gasteiger partial charge in [-0.25, -0.2) is 0 Å². The van der Waals surface area contributed by atoms with Gasteiger partial charge in [-0.15, -0.1) is 0 Å². The zero-order chi connectivity index (χ0) is 14.7. The molecular formula is C14H18N2O4. The average molecular weight is 278 g/mol. The monoisotopic (exact) mass is 278 g/mol. The van der Waals surface area contributed by atoms with Crippen LogP contribution in [0.2, 0.25) is 0 Å². The van der Waals surface area contributed by atoms with E-state index >= 15 is 0 Å². The molecule has 1 atom stereocenters. The topological polar surface area (TPSA) is 83.7 Å². The molecular weight excluding hydrogens is 260 g/mol. The third-order valence-corrected chi connectivity index (χ3v) is 3.74. The highest BCUT2D eigenvalue weighted by Gasteiger charge is 2.33. The van der Waals surface area contributed by atoms with E-state index in [1.165, 1.54) is 6.07 Å². The number of nitrogens with zero attached hydrogens (tertiary/aromatic N) is 2. The van der Waals surface area contributed by atoms with E-state index < -0.39 is 5.97 Å². The molecule has 1 aromatic rings. The Morgan fingerprint density at radius 1 is 1.55 bits per heavy atom. The van der Waals surface area contributed by atoms with Gasteiger partial charge in [0.25, 0.3) is 5.69 Å². The molecule has 1 fully saturated rings. The molecule has 20 heavy (non-hydrogen) atoms. The van der Waals surface area contributed by atoms with Gasteiger partial charge in [0.1, 0.15) is 0 Å². The number of carboxylic acids is 1. The molecule has 0 saturated carbocycles. The summed E-state index contributed by atoms with van der Waals surface area (Å²) < 4.78 is 0. The minimum absolute atomic E-state index is 0.101. The summed E-state index contributed by atoms with van der Waals surface area (Å²) in [4.78, 5) is 23.3. The van der Waals surface area contributed by atoms with E-state index in [2.05, 4.69) is 4.90 Å². The van der Waals surface area contributed by atoms with Crippen LogP contribution in [-0.4, -0.2) is 34.0 Å². The van der Waals surface area contributed by atoms with Gasteiger partial charge in [-0.05, 0) is 17.9 Å². The van der Waals surface area contributed by atoms with Crippen LogP contribution in [0.15, 0.2) is 24.3 Å². The Kier molecular flexibility index (Phi) is 4.34. The third kappa shape index (κ3) is 3.14. The van der Waals surface area contributed by atoms with Crippen molar-refractivity contribution in [2.75, 3.05) is 13.1 Å². The number of carboxylic acid groups (broad SMARTS) is 1. The van der Waals surface area contributed by atoms with Gasteiger partial charge in [0.15, 0.2) is 0 Å². The van der Waals surface area contributed by atoms with Crippen LogP contribution < -0.4 is 0 Å². The van der Waals surface area contributed by atoms with E-state index in [1.807, 2.05) is 13.0 Å². The summed E-state index contributed by atoms with van der Waals surface area (Å²) in [6.07, 6.45) is 1.04. The standard InChI is InChI=1S/C14H18N2O4/c1-2-13(15-8-10(9-15)6-14(17)18)11-4-3-5-12(7-11)16(19)20/h3-5,7,10,13H,2,6,8-9H2,1H3,(H,17,18). The van der Waals surface area contributed by atoms with Crippen LogP contribution in [0.3, 0.4) is 0 Å². The lowest BCUT2D eigenvalue weighted by Crippen LogP contribution is -2.49. The second-order valence-corrected chi connectivity index (χ2v) is 5.19. The maximum Gasteiger partial charge on any atom is 0.303 e. The third-order valence-electron chi connectivity index (χ3n) is 3.74. The van der Waals surface area contributed by atoms with Gasteiger partial charge in [-0.3, -0.25) is 19.8 Å². The molecule has 0 aromatic heterocycles. The van der Waals surface area contributed by atoms with Crippen molar-refractivity contribution in [3.8, 4) is 0 Å². The highest BCUT2D eigenvalue weighted by molar-refractivity contribution is 5.67. The normalized spacial score (nSPS) is 17.4. The molecule has 1 aliphatic rings. The number of likely N-dealkylation sites (tertiary alicyclic amines) is 1. The number of hydrogen-bond acceptors (Lipinski definition) is 4. The number of non-ortho nitro benzene ring substituents is 1. The second kappa shape index (κ2) is 6.00. The molecule has 1 saturated heterocycles. The van der Waals surface area contributed by atoms with Gasteiger partial charge in [0, 0.05) is 31.3 Å². The van der Waals surface area contributed by atoms with Gasteiger partial charge < -0.3 is 5.11 Å². The van der Waals surface area contributed by atoms with Crippen LogP contribution in [-0.2, 0) is 4.79 Å². The molecule has 2 rings (SSSR count). The first-order chi connectivity index (χ1) is 9.51. The predicted octanol–water partition coefficient (Wildman–Crippen LogP) is 2.45. The summed E-state index contributed by atoms with van der Waals surface area (Å²) in [5.41, 5.74) is 1.03. The molecule has 0 spiro atoms. The number of benzene rings is 1. The molecule has 1 unspecified atom stereocenters. The van der Waals surface area contributed by atoms with Crippen molar-refractivity contribution < 1.29 is 14.8 Å². The summed E-state index contributed by atoms with van der Waals surface area (Å²) in [6, 6.07) is 6.81. The van der Waals surface area contributed by atoms with Crippen molar-refractivity contribution in [2.24, 2.45) is 5.92 Å². The highest BCUT2D eigenvalue weighted by atomic mass is 16.6. The molecule has 0 radical (unpaired) electrons. The fourth-order valence-electron chi connectivity index (χ4n) is 2.79. The Labute approximate surface area is 117 Å². The number of rotatable bonds is 6. The van der Waals surface area contributed by atoms with Crippen molar-refractivity contribution >= 4 is 11.7 Å². The van der Waals surface area contributed by atoms with Crippen molar-refractivity contribution in [1.82, 2.24) is 4.90 Å². The lowest BCUT2D eigenvalue weighted by atomic mass is 9.91. The first kappa shape index (κ1) is 14.5. The Morgan fingerprint density at radius 3 is 2.80 bits per heavy atom. The fraction of sp³-hybridized carbons (Fsp3) is 0.500. The SMILES string of the molecule is CCC(c1cccc([N+](=O)[O-])c1)N1CC(CC(=O)O)C1. The number of nitro groups is 1. The molecule has 108 valence electrons. The predicted molar refractivity (Wildman–Crippen MR) is 73.4 cm³/mol. The molecule has 0 amide bonds. The largest absolute Gasteiger partial charge is 0.481 e. The van der Waals surface area contributed by atoms with Crippen molar-refractivity contribution in [2.45, 2.75) is 25.8 Å². The lowest BCUT2D eigenvalue weighted by Gasteiger charge is -2.44. The van der Waals surface area contributed by atoms with E-state index in [-0.39, 0.29) is 29.0 Å². The van der Waals surface area contributed by atoms with Gasteiger partial charge in [0.2, 0.25) is 0 Å². The molecule has 0 bridgehead atoms. The van der Waals surface area contributed by atoms with Crippen molar-refractivity contribution in [1.29, 1.82) is 0 Å². The summed E-state index contributed by atoms with van der Waals surface area (Å²) in [7, 11) is 0. The first-order valence-corrected chi connectivity index (χ1v) is 6.71. The van der Waals surface area contributed by atoms with Crippen molar-refractivity contribution in [3.05, 3.63) is 39.9 Å². The lowest BCUT2D eigenvalue weighted by molar-refractivity contribution is -0.385. The number of carbonyl (C=O) groups is 1. The first-order valence-electron chi connectivity index (χ1n) is 6.71. The quantitative estimate of drug-likeness (QED) is 0.638.